The molecule has 1 aliphatic carbocycles. The van der Waals surface area contributed by atoms with Gasteiger partial charge in [0.25, 0.3) is 5.91 Å². The Labute approximate surface area is 245 Å². The molecular formula is C29H41N5O6S. The van der Waals surface area contributed by atoms with Gasteiger partial charge in [-0.25, -0.2) is 0 Å². The second kappa shape index (κ2) is 15.6. The molecule has 3 atom stereocenters. The van der Waals surface area contributed by atoms with E-state index in [0.29, 0.717) is 41.5 Å². The topological polar surface area (TPSA) is 164 Å². The molecule has 1 aromatic rings. The summed E-state index contributed by atoms with van der Waals surface area (Å²) >= 11 is 1.29. The molecule has 0 aromatic heterocycles. The molecule has 4 N–H and O–H groups in total. The fraction of sp³-hybridized carbons (Fsp3) is 0.586. The van der Waals surface area contributed by atoms with Gasteiger partial charge in [-0.3, -0.25) is 24.2 Å². The first-order valence-electron chi connectivity index (χ1n) is 14.2. The Bertz CT molecular complexity index is 1150. The molecular weight excluding hydrogens is 546 g/mol. The molecule has 224 valence electrons. The van der Waals surface area contributed by atoms with Crippen LogP contribution in [0, 0.1) is 5.92 Å². The van der Waals surface area contributed by atoms with Gasteiger partial charge in [0, 0.05) is 36.3 Å². The standard InChI is InChI=1S/C29H41N5O6S/c1-18(28(38)39)8-7-16-31-25(30)20-11-13-21(14-12-20)26(36)33-29-34(22-9-5-4-6-10-22)19(2)24(41-29)27(37)32-17-15-23(35)40-3/h11-14,18-19,22,24H,4-10,15-17H2,1-3H3,(H2,30,31)(H,32,37)(H,38,39). The summed E-state index contributed by atoms with van der Waals surface area (Å²) < 4.78 is 4.64. The van der Waals surface area contributed by atoms with E-state index in [2.05, 4.69) is 24.9 Å². The van der Waals surface area contributed by atoms with Gasteiger partial charge in [0.05, 0.1) is 19.4 Å². The van der Waals surface area contributed by atoms with Crippen LogP contribution in [0.25, 0.3) is 0 Å². The fourth-order valence-electron chi connectivity index (χ4n) is 5.03. The average molecular weight is 588 g/mol. The minimum Gasteiger partial charge on any atom is -0.481 e. The Morgan fingerprint density at radius 2 is 1.80 bits per heavy atom. The number of nitrogens with zero attached hydrogens (tertiary/aromatic N) is 3. The van der Waals surface area contributed by atoms with Gasteiger partial charge in [-0.15, -0.1) is 0 Å². The molecule has 41 heavy (non-hydrogen) atoms. The number of carbonyl (C=O) groups excluding carboxylic acids is 3. The molecule has 3 rings (SSSR count). The number of nitrogens with two attached hydrogens (primary N) is 1. The third kappa shape index (κ3) is 9.04. The molecule has 2 amide bonds. The predicted octanol–water partition coefficient (Wildman–Crippen LogP) is 3.21. The van der Waals surface area contributed by atoms with Gasteiger partial charge in [0.1, 0.15) is 11.1 Å². The molecule has 1 aromatic carbocycles. The van der Waals surface area contributed by atoms with Crippen LogP contribution in [-0.4, -0.2) is 82.3 Å². The van der Waals surface area contributed by atoms with Crippen molar-refractivity contribution in [2.75, 3.05) is 20.2 Å². The highest BCUT2D eigenvalue weighted by Gasteiger charge is 2.44. The number of nitrogens with one attached hydrogen (secondary N) is 1. The van der Waals surface area contributed by atoms with Gasteiger partial charge in [-0.05, 0) is 44.7 Å². The van der Waals surface area contributed by atoms with Crippen LogP contribution in [0.15, 0.2) is 34.3 Å². The van der Waals surface area contributed by atoms with E-state index >= 15 is 0 Å². The van der Waals surface area contributed by atoms with Crippen molar-refractivity contribution in [2.45, 2.75) is 82.5 Å². The molecule has 12 heteroatoms. The van der Waals surface area contributed by atoms with Crippen LogP contribution >= 0.6 is 11.8 Å². The van der Waals surface area contributed by atoms with Crippen molar-refractivity contribution in [3.8, 4) is 0 Å². The number of benzene rings is 1. The van der Waals surface area contributed by atoms with Crippen molar-refractivity contribution in [3.05, 3.63) is 35.4 Å². The molecule has 1 saturated heterocycles. The zero-order valence-electron chi connectivity index (χ0n) is 24.0. The second-order valence-electron chi connectivity index (χ2n) is 10.5. The quantitative estimate of drug-likeness (QED) is 0.144. The van der Waals surface area contributed by atoms with Gasteiger partial charge in [-0.2, -0.15) is 4.99 Å². The number of carboxylic acid groups (broad SMARTS) is 1. The number of esters is 1. The van der Waals surface area contributed by atoms with Crippen LogP contribution in [0.1, 0.15) is 81.1 Å². The van der Waals surface area contributed by atoms with E-state index in [1.54, 1.807) is 31.2 Å². The summed E-state index contributed by atoms with van der Waals surface area (Å²) in [4.78, 5) is 59.5. The van der Waals surface area contributed by atoms with Gasteiger partial charge >= 0.3 is 11.9 Å². The monoisotopic (exact) mass is 587 g/mol. The number of hydrogen-bond donors (Lipinski definition) is 3. The number of aliphatic carboxylic acids is 1. The lowest BCUT2D eigenvalue weighted by molar-refractivity contribution is -0.142. The van der Waals surface area contributed by atoms with E-state index in [0.717, 1.165) is 25.7 Å². The van der Waals surface area contributed by atoms with Gasteiger partial charge < -0.3 is 25.8 Å². The molecule has 0 bridgehead atoms. The summed E-state index contributed by atoms with van der Waals surface area (Å²) in [6.45, 7) is 4.25. The van der Waals surface area contributed by atoms with Gasteiger partial charge in [0.2, 0.25) is 5.91 Å². The van der Waals surface area contributed by atoms with Crippen LogP contribution in [0.4, 0.5) is 0 Å². The van der Waals surface area contributed by atoms with Crippen molar-refractivity contribution >= 4 is 46.5 Å². The Morgan fingerprint density at radius 1 is 1.15 bits per heavy atom. The average Bonchev–Trinajstić information content (AvgIpc) is 3.30. The van der Waals surface area contributed by atoms with Crippen LogP contribution in [-0.2, 0) is 19.1 Å². The summed E-state index contributed by atoms with van der Waals surface area (Å²) in [5.41, 5.74) is 7.16. The highest BCUT2D eigenvalue weighted by Crippen LogP contribution is 2.37. The minimum atomic E-state index is -0.826. The van der Waals surface area contributed by atoms with Crippen molar-refractivity contribution in [1.29, 1.82) is 0 Å². The highest BCUT2D eigenvalue weighted by molar-refractivity contribution is 8.15. The van der Waals surface area contributed by atoms with Crippen LogP contribution in [0.3, 0.4) is 0 Å². The maximum Gasteiger partial charge on any atom is 0.307 e. The molecule has 1 aliphatic heterocycles. The number of thioether (sulfide) groups is 1. The van der Waals surface area contributed by atoms with Crippen LogP contribution in [0.2, 0.25) is 0 Å². The summed E-state index contributed by atoms with van der Waals surface area (Å²) in [5, 5.41) is 11.9. The summed E-state index contributed by atoms with van der Waals surface area (Å²) in [6, 6.07) is 6.79. The lowest BCUT2D eigenvalue weighted by atomic mass is 9.93. The van der Waals surface area contributed by atoms with Gasteiger partial charge in [0.15, 0.2) is 5.17 Å². The zero-order chi connectivity index (χ0) is 29.9. The first-order valence-corrected chi connectivity index (χ1v) is 15.1. The lowest BCUT2D eigenvalue weighted by Crippen LogP contribution is -2.47. The van der Waals surface area contributed by atoms with E-state index in [1.165, 1.54) is 25.3 Å². The van der Waals surface area contributed by atoms with E-state index in [1.807, 2.05) is 6.92 Å². The second-order valence-corrected chi connectivity index (χ2v) is 11.6. The number of methoxy groups -OCH3 is 1. The van der Waals surface area contributed by atoms with E-state index in [4.69, 9.17) is 10.8 Å². The molecule has 2 fully saturated rings. The Hall–Kier alpha value is -3.41. The number of amidine groups is 2. The van der Waals surface area contributed by atoms with Crippen molar-refractivity contribution in [1.82, 2.24) is 10.2 Å². The summed E-state index contributed by atoms with van der Waals surface area (Å²) in [7, 11) is 1.31. The number of aliphatic imine (C=N–C) groups is 2. The molecule has 11 nitrogen and oxygen atoms in total. The molecule has 2 aliphatic rings. The van der Waals surface area contributed by atoms with E-state index in [9.17, 15) is 19.2 Å². The van der Waals surface area contributed by atoms with Crippen molar-refractivity contribution in [3.63, 3.8) is 0 Å². The Balaban J connectivity index is 1.70. The summed E-state index contributed by atoms with van der Waals surface area (Å²) in [5.74, 6) is -1.92. The summed E-state index contributed by atoms with van der Waals surface area (Å²) in [6.07, 6.45) is 6.56. The fourth-order valence-corrected chi connectivity index (χ4v) is 6.35. The number of rotatable bonds is 12. The molecule has 1 saturated carbocycles. The number of carbonyl (C=O) groups is 4. The number of hydrogen-bond acceptors (Lipinski definition) is 7. The molecule has 0 radical (unpaired) electrons. The van der Waals surface area contributed by atoms with E-state index in [-0.39, 0.29) is 31.0 Å². The normalized spacial score (nSPS) is 21.5. The van der Waals surface area contributed by atoms with Crippen molar-refractivity contribution in [2.24, 2.45) is 21.6 Å². The van der Waals surface area contributed by atoms with Gasteiger partial charge in [-0.1, -0.05) is 50.1 Å². The number of ether oxygens (including phenoxy) is 1. The molecule has 3 unspecified atom stereocenters. The van der Waals surface area contributed by atoms with Crippen LogP contribution in [0.5, 0.6) is 0 Å². The van der Waals surface area contributed by atoms with E-state index < -0.39 is 29.0 Å². The first-order chi connectivity index (χ1) is 19.6. The molecule has 0 spiro atoms. The third-order valence-corrected chi connectivity index (χ3v) is 8.91. The highest BCUT2D eigenvalue weighted by atomic mass is 32.2. The Morgan fingerprint density at radius 3 is 2.44 bits per heavy atom. The Kier molecular flexibility index (Phi) is 12.2. The first kappa shape index (κ1) is 32.1. The maximum atomic E-state index is 13.2. The maximum absolute atomic E-state index is 13.2. The number of carboxylic acids is 1. The number of amides is 2. The largest absolute Gasteiger partial charge is 0.481 e. The minimum absolute atomic E-state index is 0.0922. The SMILES string of the molecule is COC(=O)CCNC(=O)C1SC(=NC(=O)c2ccc(C(N)=NCCCC(C)C(=O)O)cc2)N(C2CCCCC2)C1C. The van der Waals surface area contributed by atoms with Crippen molar-refractivity contribution < 1.29 is 29.0 Å². The lowest BCUT2D eigenvalue weighted by Gasteiger charge is -2.36. The zero-order valence-corrected chi connectivity index (χ0v) is 24.8. The predicted molar refractivity (Wildman–Crippen MR) is 159 cm³/mol. The smallest absolute Gasteiger partial charge is 0.307 e. The third-order valence-electron chi connectivity index (χ3n) is 7.54. The molecule has 1 heterocycles. The van der Waals surface area contributed by atoms with Crippen LogP contribution < -0.4 is 11.1 Å².